The van der Waals surface area contributed by atoms with Gasteiger partial charge in [0.25, 0.3) is 5.56 Å². The van der Waals surface area contributed by atoms with Gasteiger partial charge in [0.15, 0.2) is 16.3 Å². The van der Waals surface area contributed by atoms with Crippen molar-refractivity contribution in [2.24, 2.45) is 4.99 Å². The van der Waals surface area contributed by atoms with Crippen LogP contribution in [0.15, 0.2) is 69.6 Å². The number of methoxy groups -OCH3 is 1. The van der Waals surface area contributed by atoms with Crippen molar-refractivity contribution in [3.63, 3.8) is 0 Å². The van der Waals surface area contributed by atoms with Crippen molar-refractivity contribution in [1.82, 2.24) is 4.57 Å². The number of carbonyl (C=O) groups is 1. The van der Waals surface area contributed by atoms with Crippen LogP contribution in [0.25, 0.3) is 6.08 Å². The van der Waals surface area contributed by atoms with E-state index in [2.05, 4.69) is 4.99 Å². The van der Waals surface area contributed by atoms with Gasteiger partial charge >= 0.3 is 5.97 Å². The number of hydrogen-bond donors (Lipinski definition) is 0. The van der Waals surface area contributed by atoms with Gasteiger partial charge in [-0.2, -0.15) is 0 Å². The van der Waals surface area contributed by atoms with Crippen molar-refractivity contribution in [2.45, 2.75) is 46.3 Å². The zero-order chi connectivity index (χ0) is 25.8. The Labute approximate surface area is 214 Å². The van der Waals surface area contributed by atoms with E-state index in [1.54, 1.807) is 32.4 Å². The van der Waals surface area contributed by atoms with Crippen LogP contribution in [0.1, 0.15) is 51.3 Å². The van der Waals surface area contributed by atoms with Crippen molar-refractivity contribution in [3.8, 4) is 11.5 Å². The van der Waals surface area contributed by atoms with Crippen molar-refractivity contribution in [1.29, 1.82) is 0 Å². The summed E-state index contributed by atoms with van der Waals surface area (Å²) in [5.74, 6) is 0.787. The summed E-state index contributed by atoms with van der Waals surface area (Å²) in [6.07, 6.45) is 2.41. The van der Waals surface area contributed by atoms with E-state index in [4.69, 9.17) is 14.2 Å². The first kappa shape index (κ1) is 25.4. The molecule has 3 aromatic rings. The average molecular weight is 507 g/mol. The normalized spacial score (nSPS) is 15.5. The molecule has 0 amide bonds. The first-order valence-corrected chi connectivity index (χ1v) is 12.7. The molecule has 0 N–H and O–H groups in total. The number of esters is 1. The molecule has 0 fully saturated rings. The molecule has 1 aliphatic rings. The van der Waals surface area contributed by atoms with Crippen LogP contribution in [-0.4, -0.2) is 30.4 Å². The maximum atomic E-state index is 13.7. The molecule has 8 heteroatoms. The molecule has 2 aromatic carbocycles. The smallest absolute Gasteiger partial charge is 0.338 e. The Morgan fingerprint density at radius 1 is 1.17 bits per heavy atom. The van der Waals surface area contributed by atoms with E-state index in [1.807, 2.05) is 61.5 Å². The van der Waals surface area contributed by atoms with E-state index in [0.29, 0.717) is 38.7 Å². The Kier molecular flexibility index (Phi) is 7.74. The number of nitrogens with zero attached hydrogens (tertiary/aromatic N) is 2. The number of thiazole rings is 1. The molecule has 0 bridgehead atoms. The minimum atomic E-state index is -0.629. The van der Waals surface area contributed by atoms with Crippen LogP contribution >= 0.6 is 11.3 Å². The molecule has 0 spiro atoms. The fourth-order valence-corrected chi connectivity index (χ4v) is 5.11. The molecule has 0 saturated heterocycles. The lowest BCUT2D eigenvalue weighted by Gasteiger charge is -2.25. The van der Waals surface area contributed by atoms with E-state index < -0.39 is 12.0 Å². The Morgan fingerprint density at radius 2 is 1.92 bits per heavy atom. The second kappa shape index (κ2) is 11.0. The van der Waals surface area contributed by atoms with Gasteiger partial charge in [0, 0.05) is 0 Å². The summed E-state index contributed by atoms with van der Waals surface area (Å²) < 4.78 is 18.9. The maximum Gasteiger partial charge on any atom is 0.338 e. The minimum Gasteiger partial charge on any atom is -0.493 e. The van der Waals surface area contributed by atoms with Gasteiger partial charge in [-0.1, -0.05) is 54.7 Å². The first-order chi connectivity index (χ1) is 17.3. The number of fused-ring (bicyclic) bond motifs is 1. The molecule has 0 radical (unpaired) electrons. The molecule has 1 aromatic heterocycles. The van der Waals surface area contributed by atoms with Crippen molar-refractivity contribution < 1.29 is 19.0 Å². The minimum absolute atomic E-state index is 0.222. The van der Waals surface area contributed by atoms with Crippen LogP contribution in [0.2, 0.25) is 0 Å². The van der Waals surface area contributed by atoms with Gasteiger partial charge < -0.3 is 14.2 Å². The molecule has 7 nitrogen and oxygen atoms in total. The lowest BCUT2D eigenvalue weighted by atomic mass is 9.96. The lowest BCUT2D eigenvalue weighted by Crippen LogP contribution is -2.40. The Hall–Kier alpha value is -3.65. The third-order valence-corrected chi connectivity index (χ3v) is 6.63. The van der Waals surface area contributed by atoms with Crippen molar-refractivity contribution >= 4 is 23.4 Å². The molecule has 1 aliphatic heterocycles. The van der Waals surface area contributed by atoms with E-state index >= 15 is 0 Å². The molecule has 1 atom stereocenters. The maximum absolute atomic E-state index is 13.7. The number of carbonyl (C=O) groups excluding carboxylic acids is 1. The van der Waals surface area contributed by atoms with Crippen molar-refractivity contribution in [3.05, 3.63) is 90.6 Å². The molecular weight excluding hydrogens is 476 g/mol. The van der Waals surface area contributed by atoms with Crippen LogP contribution in [0.3, 0.4) is 0 Å². The summed E-state index contributed by atoms with van der Waals surface area (Å²) in [6.45, 7) is 8.01. The molecule has 36 heavy (non-hydrogen) atoms. The lowest BCUT2D eigenvalue weighted by molar-refractivity contribution is -0.143. The number of hydrogen-bond acceptors (Lipinski definition) is 7. The fraction of sp³-hybridized carbons (Fsp3) is 0.321. The van der Waals surface area contributed by atoms with Crippen LogP contribution in [0.5, 0.6) is 11.5 Å². The highest BCUT2D eigenvalue weighted by molar-refractivity contribution is 7.07. The summed E-state index contributed by atoms with van der Waals surface area (Å²) >= 11 is 1.29. The number of allylic oxidation sites excluding steroid dienone is 1. The predicted octanol–water partition coefficient (Wildman–Crippen LogP) is 3.98. The number of aromatic nitrogens is 1. The summed E-state index contributed by atoms with van der Waals surface area (Å²) in [4.78, 5) is 32.0. The standard InChI is InChI=1S/C28H30N2O5S/c1-6-14-34-21-13-12-19(15-22(21)33-5)16-23-26(31)30-25(20-10-8-7-9-11-20)24(27(32)35-17(2)3)18(4)29-28(30)36-23/h7-13,15-17,25H,6,14H2,1-5H3. The van der Waals surface area contributed by atoms with Gasteiger partial charge in [0.05, 0.1) is 41.7 Å². The number of ether oxygens (including phenoxy) is 3. The fourth-order valence-electron chi connectivity index (χ4n) is 4.07. The Morgan fingerprint density at radius 3 is 2.58 bits per heavy atom. The highest BCUT2D eigenvalue weighted by Crippen LogP contribution is 2.31. The Balaban J connectivity index is 1.85. The summed E-state index contributed by atoms with van der Waals surface area (Å²) in [5.41, 5.74) is 2.30. The summed E-state index contributed by atoms with van der Waals surface area (Å²) in [5, 5.41) is 0. The highest BCUT2D eigenvalue weighted by Gasteiger charge is 2.33. The van der Waals surface area contributed by atoms with Crippen LogP contribution in [-0.2, 0) is 9.53 Å². The molecule has 0 saturated carbocycles. The van der Waals surface area contributed by atoms with E-state index in [-0.39, 0.29) is 11.7 Å². The quantitative estimate of drug-likeness (QED) is 0.432. The van der Waals surface area contributed by atoms with Crippen LogP contribution in [0, 0.1) is 0 Å². The first-order valence-electron chi connectivity index (χ1n) is 11.9. The number of benzene rings is 2. The van der Waals surface area contributed by atoms with Crippen LogP contribution < -0.4 is 24.4 Å². The van der Waals surface area contributed by atoms with Crippen molar-refractivity contribution in [2.75, 3.05) is 13.7 Å². The zero-order valence-corrected chi connectivity index (χ0v) is 21.9. The molecular formula is C28H30N2O5S. The topological polar surface area (TPSA) is 79.1 Å². The average Bonchev–Trinajstić information content (AvgIpc) is 3.16. The van der Waals surface area contributed by atoms with E-state index in [1.165, 1.54) is 11.3 Å². The monoisotopic (exact) mass is 506 g/mol. The van der Waals surface area contributed by atoms with E-state index in [9.17, 15) is 9.59 Å². The van der Waals surface area contributed by atoms with Gasteiger partial charge in [-0.05, 0) is 56.5 Å². The SMILES string of the molecule is CCCOc1ccc(C=c2sc3n(c2=O)C(c2ccccc2)C(C(=O)OC(C)C)=C(C)N=3)cc1OC. The zero-order valence-electron chi connectivity index (χ0n) is 21.1. The molecule has 188 valence electrons. The Bertz CT molecular complexity index is 1470. The second-order valence-electron chi connectivity index (χ2n) is 8.71. The summed E-state index contributed by atoms with van der Waals surface area (Å²) in [6, 6.07) is 14.4. The van der Waals surface area contributed by atoms with Gasteiger partial charge in [-0.15, -0.1) is 0 Å². The molecule has 2 heterocycles. The molecule has 0 aliphatic carbocycles. The van der Waals surface area contributed by atoms with E-state index in [0.717, 1.165) is 17.5 Å². The largest absolute Gasteiger partial charge is 0.493 e. The predicted molar refractivity (Wildman–Crippen MR) is 140 cm³/mol. The number of rotatable bonds is 8. The van der Waals surface area contributed by atoms with Gasteiger partial charge in [-0.3, -0.25) is 9.36 Å². The summed E-state index contributed by atoms with van der Waals surface area (Å²) in [7, 11) is 1.59. The third-order valence-electron chi connectivity index (χ3n) is 5.65. The van der Waals surface area contributed by atoms with Gasteiger partial charge in [-0.25, -0.2) is 9.79 Å². The van der Waals surface area contributed by atoms with Gasteiger partial charge in [0.1, 0.15) is 0 Å². The third kappa shape index (κ3) is 5.14. The molecule has 4 rings (SSSR count). The second-order valence-corrected chi connectivity index (χ2v) is 9.71. The van der Waals surface area contributed by atoms with Gasteiger partial charge in [0.2, 0.25) is 0 Å². The highest BCUT2D eigenvalue weighted by atomic mass is 32.1. The van der Waals surface area contributed by atoms with Crippen LogP contribution in [0.4, 0.5) is 0 Å². The molecule has 1 unspecified atom stereocenters.